The highest BCUT2D eigenvalue weighted by Gasteiger charge is 2.12. The van der Waals surface area contributed by atoms with Gasteiger partial charge in [-0.1, -0.05) is 30.3 Å². The average Bonchev–Trinajstić information content (AvgIpc) is 2.65. The van der Waals surface area contributed by atoms with Crippen LogP contribution in [0.2, 0.25) is 0 Å². The van der Waals surface area contributed by atoms with Gasteiger partial charge in [0, 0.05) is 6.20 Å². The van der Waals surface area contributed by atoms with Gasteiger partial charge in [-0.15, -0.1) is 0 Å². The molecule has 6 heteroatoms. The number of rotatable bonds is 5. The summed E-state index contributed by atoms with van der Waals surface area (Å²) in [5.41, 5.74) is 3.67. The van der Waals surface area contributed by atoms with Crippen LogP contribution in [0.1, 0.15) is 29.9 Å². The second kappa shape index (κ2) is 8.03. The molecule has 3 aromatic rings. The van der Waals surface area contributed by atoms with Crippen LogP contribution in [-0.4, -0.2) is 15.9 Å². The zero-order chi connectivity index (χ0) is 19.4. The molecular formula is C21H19F2N3O. The lowest BCUT2D eigenvalue weighted by Crippen LogP contribution is -2.28. The molecule has 1 amide bonds. The molecule has 0 bridgehead atoms. The molecule has 1 heterocycles. The fraction of sp³-hybridized carbons (Fsp3) is 0.190. The van der Waals surface area contributed by atoms with E-state index >= 15 is 0 Å². The summed E-state index contributed by atoms with van der Waals surface area (Å²) in [6, 6.07) is 10.7. The Hall–Kier alpha value is -3.15. The largest absolute Gasteiger partial charge is 0.348 e. The van der Waals surface area contributed by atoms with Crippen LogP contribution in [0.5, 0.6) is 0 Å². The number of aryl methyl sites for hydroxylation is 1. The van der Waals surface area contributed by atoms with E-state index in [9.17, 15) is 13.6 Å². The number of nitrogens with zero attached hydrogens (tertiary/aromatic N) is 2. The molecule has 2 aromatic carbocycles. The number of hydrogen-bond acceptors (Lipinski definition) is 3. The molecule has 1 unspecified atom stereocenters. The third kappa shape index (κ3) is 4.73. The molecule has 3 rings (SSSR count). The van der Waals surface area contributed by atoms with E-state index in [-0.39, 0.29) is 18.4 Å². The highest BCUT2D eigenvalue weighted by Crippen LogP contribution is 2.22. The first kappa shape index (κ1) is 18.6. The maximum Gasteiger partial charge on any atom is 0.224 e. The standard InChI is InChI=1S/C21H19F2N3O/c1-13-11-25-20(12-24-13)14(2)26-21(27)9-15-3-5-16(6-4-15)17-7-8-18(22)19(23)10-17/h3-8,10-12,14H,9H2,1-2H3,(H,26,27). The van der Waals surface area contributed by atoms with Crippen molar-refractivity contribution in [2.24, 2.45) is 0 Å². The number of benzene rings is 2. The maximum absolute atomic E-state index is 13.4. The van der Waals surface area contributed by atoms with Crippen molar-refractivity contribution in [2.75, 3.05) is 0 Å². The average molecular weight is 367 g/mol. The van der Waals surface area contributed by atoms with Gasteiger partial charge in [0.25, 0.3) is 0 Å². The van der Waals surface area contributed by atoms with Crippen molar-refractivity contribution in [2.45, 2.75) is 26.3 Å². The Morgan fingerprint density at radius 3 is 2.33 bits per heavy atom. The molecule has 1 aromatic heterocycles. The molecule has 0 spiro atoms. The topological polar surface area (TPSA) is 54.9 Å². The summed E-state index contributed by atoms with van der Waals surface area (Å²) >= 11 is 0. The van der Waals surface area contributed by atoms with Crippen LogP contribution in [0.15, 0.2) is 54.9 Å². The van der Waals surface area contributed by atoms with Crippen molar-refractivity contribution < 1.29 is 13.6 Å². The predicted molar refractivity (Wildman–Crippen MR) is 98.8 cm³/mol. The van der Waals surface area contributed by atoms with Gasteiger partial charge in [0.15, 0.2) is 11.6 Å². The quantitative estimate of drug-likeness (QED) is 0.737. The van der Waals surface area contributed by atoms with Crippen LogP contribution in [0.25, 0.3) is 11.1 Å². The molecule has 0 saturated heterocycles. The minimum Gasteiger partial charge on any atom is -0.348 e. The first-order valence-corrected chi connectivity index (χ1v) is 8.54. The minimum absolute atomic E-state index is 0.134. The summed E-state index contributed by atoms with van der Waals surface area (Å²) < 4.78 is 26.4. The van der Waals surface area contributed by atoms with Crippen LogP contribution < -0.4 is 5.32 Å². The highest BCUT2D eigenvalue weighted by atomic mass is 19.2. The summed E-state index contributed by atoms with van der Waals surface area (Å²) in [6.45, 7) is 3.70. The van der Waals surface area contributed by atoms with E-state index in [4.69, 9.17) is 0 Å². The third-order valence-corrected chi connectivity index (χ3v) is 4.19. The number of nitrogens with one attached hydrogen (secondary N) is 1. The lowest BCUT2D eigenvalue weighted by Gasteiger charge is -2.13. The minimum atomic E-state index is -0.885. The Kier molecular flexibility index (Phi) is 5.54. The summed E-state index contributed by atoms with van der Waals surface area (Å²) in [5.74, 6) is -1.89. The van der Waals surface area contributed by atoms with Gasteiger partial charge >= 0.3 is 0 Å². The number of carbonyl (C=O) groups excluding carboxylic acids is 1. The van der Waals surface area contributed by atoms with Crippen LogP contribution >= 0.6 is 0 Å². The molecule has 1 N–H and O–H groups in total. The number of aromatic nitrogens is 2. The van der Waals surface area contributed by atoms with Gasteiger partial charge in [-0.25, -0.2) is 8.78 Å². The van der Waals surface area contributed by atoms with Gasteiger partial charge < -0.3 is 5.32 Å². The highest BCUT2D eigenvalue weighted by molar-refractivity contribution is 5.79. The zero-order valence-electron chi connectivity index (χ0n) is 15.0. The second-order valence-corrected chi connectivity index (χ2v) is 6.37. The van der Waals surface area contributed by atoms with Crippen LogP contribution in [0, 0.1) is 18.6 Å². The van der Waals surface area contributed by atoms with Gasteiger partial charge in [-0.05, 0) is 42.7 Å². The van der Waals surface area contributed by atoms with Crippen molar-refractivity contribution in [1.82, 2.24) is 15.3 Å². The van der Waals surface area contributed by atoms with E-state index in [0.29, 0.717) is 11.3 Å². The molecule has 1 atom stereocenters. The van der Waals surface area contributed by atoms with E-state index < -0.39 is 11.6 Å². The maximum atomic E-state index is 13.4. The first-order chi connectivity index (χ1) is 12.9. The molecule has 0 aliphatic rings. The molecule has 4 nitrogen and oxygen atoms in total. The number of hydrogen-bond donors (Lipinski definition) is 1. The van der Waals surface area contributed by atoms with E-state index in [1.54, 1.807) is 36.7 Å². The smallest absolute Gasteiger partial charge is 0.224 e. The lowest BCUT2D eigenvalue weighted by atomic mass is 10.0. The molecule has 0 aliphatic heterocycles. The van der Waals surface area contributed by atoms with Gasteiger partial charge in [0.2, 0.25) is 5.91 Å². The van der Waals surface area contributed by atoms with Gasteiger partial charge in [0.05, 0.1) is 30.0 Å². The lowest BCUT2D eigenvalue weighted by molar-refractivity contribution is -0.121. The van der Waals surface area contributed by atoms with E-state index in [1.807, 2.05) is 13.8 Å². The monoisotopic (exact) mass is 367 g/mol. The van der Waals surface area contributed by atoms with Crippen molar-refractivity contribution in [3.05, 3.63) is 83.4 Å². The molecule has 0 radical (unpaired) electrons. The van der Waals surface area contributed by atoms with Crippen LogP contribution in [0.3, 0.4) is 0 Å². The Bertz CT molecular complexity index is 941. The predicted octanol–water partition coefficient (Wildman–Crippen LogP) is 4.15. The molecular weight excluding hydrogens is 348 g/mol. The summed E-state index contributed by atoms with van der Waals surface area (Å²) in [6.07, 6.45) is 3.52. The molecule has 0 fully saturated rings. The summed E-state index contributed by atoms with van der Waals surface area (Å²) in [7, 11) is 0. The second-order valence-electron chi connectivity index (χ2n) is 6.37. The van der Waals surface area contributed by atoms with E-state index in [0.717, 1.165) is 29.0 Å². The van der Waals surface area contributed by atoms with Crippen molar-refractivity contribution in [1.29, 1.82) is 0 Å². The summed E-state index contributed by atoms with van der Waals surface area (Å²) in [4.78, 5) is 20.7. The molecule has 138 valence electrons. The fourth-order valence-corrected chi connectivity index (χ4v) is 2.67. The third-order valence-electron chi connectivity index (χ3n) is 4.19. The first-order valence-electron chi connectivity index (χ1n) is 8.54. The summed E-state index contributed by atoms with van der Waals surface area (Å²) in [5, 5.41) is 2.89. The zero-order valence-corrected chi connectivity index (χ0v) is 15.0. The van der Waals surface area contributed by atoms with Gasteiger partial charge in [0.1, 0.15) is 0 Å². The number of carbonyl (C=O) groups is 1. The molecule has 0 aliphatic carbocycles. The Balaban J connectivity index is 1.62. The Morgan fingerprint density at radius 1 is 1.00 bits per heavy atom. The van der Waals surface area contributed by atoms with Crippen LogP contribution in [0.4, 0.5) is 8.78 Å². The normalized spacial score (nSPS) is 11.9. The SMILES string of the molecule is Cc1cnc(C(C)NC(=O)Cc2ccc(-c3ccc(F)c(F)c3)cc2)cn1. The Labute approximate surface area is 156 Å². The molecule has 27 heavy (non-hydrogen) atoms. The van der Waals surface area contributed by atoms with E-state index in [2.05, 4.69) is 15.3 Å². The number of halogens is 2. The molecule has 0 saturated carbocycles. The van der Waals surface area contributed by atoms with Crippen LogP contribution in [-0.2, 0) is 11.2 Å². The van der Waals surface area contributed by atoms with Gasteiger partial charge in [-0.2, -0.15) is 0 Å². The van der Waals surface area contributed by atoms with E-state index in [1.165, 1.54) is 6.07 Å². The Morgan fingerprint density at radius 2 is 1.70 bits per heavy atom. The van der Waals surface area contributed by atoms with Crippen molar-refractivity contribution in [3.8, 4) is 11.1 Å². The van der Waals surface area contributed by atoms with Gasteiger partial charge in [-0.3, -0.25) is 14.8 Å². The van der Waals surface area contributed by atoms with Crippen molar-refractivity contribution >= 4 is 5.91 Å². The van der Waals surface area contributed by atoms with Crippen molar-refractivity contribution in [3.63, 3.8) is 0 Å². The number of amides is 1. The fourth-order valence-electron chi connectivity index (χ4n) is 2.67.